The summed E-state index contributed by atoms with van der Waals surface area (Å²) in [4.78, 5) is 0. The zero-order valence-electron chi connectivity index (χ0n) is 11.8. The van der Waals surface area contributed by atoms with E-state index in [1.807, 2.05) is 0 Å². The summed E-state index contributed by atoms with van der Waals surface area (Å²) < 4.78 is 0. The summed E-state index contributed by atoms with van der Waals surface area (Å²) in [6.45, 7) is 8.71. The Balaban J connectivity index is 2.55. The van der Waals surface area contributed by atoms with Gasteiger partial charge in [0.1, 0.15) is 0 Å². The summed E-state index contributed by atoms with van der Waals surface area (Å²) in [5, 5.41) is 0. The van der Waals surface area contributed by atoms with Gasteiger partial charge in [0.2, 0.25) is 0 Å². The molecule has 2 aromatic rings. The lowest BCUT2D eigenvalue weighted by Crippen LogP contribution is -1.91. The predicted molar refractivity (Wildman–Crippen MR) is 78.9 cm³/mol. The monoisotopic (exact) mass is 237 g/mol. The van der Waals surface area contributed by atoms with Gasteiger partial charge in [-0.25, -0.2) is 0 Å². The molecule has 0 heteroatoms. The highest BCUT2D eigenvalue weighted by atomic mass is 14.1. The number of benzene rings is 2. The van der Waals surface area contributed by atoms with Crippen LogP contribution >= 0.6 is 0 Å². The van der Waals surface area contributed by atoms with Crippen molar-refractivity contribution in [3.8, 4) is 11.1 Å². The second-order valence-electron chi connectivity index (χ2n) is 4.98. The minimum Gasteiger partial charge on any atom is -0.0613 e. The fourth-order valence-corrected chi connectivity index (χ4v) is 2.38. The summed E-state index contributed by atoms with van der Waals surface area (Å²) >= 11 is 0. The van der Waals surface area contributed by atoms with E-state index >= 15 is 0 Å². The lowest BCUT2D eigenvalue weighted by atomic mass is 9.94. The maximum absolute atomic E-state index is 3.42. The Morgan fingerprint density at radius 3 is 2.00 bits per heavy atom. The van der Waals surface area contributed by atoms with Crippen molar-refractivity contribution in [2.75, 3.05) is 0 Å². The second-order valence-corrected chi connectivity index (χ2v) is 4.98. The SMILES string of the molecule is CCc1cc(CC)cc(-c2[c]cc(C)cc2C)c1. The quantitative estimate of drug-likeness (QED) is 0.712. The lowest BCUT2D eigenvalue weighted by Gasteiger charge is -2.10. The molecule has 18 heavy (non-hydrogen) atoms. The molecule has 0 heterocycles. The van der Waals surface area contributed by atoms with Crippen molar-refractivity contribution in [1.82, 2.24) is 0 Å². The van der Waals surface area contributed by atoms with E-state index in [-0.39, 0.29) is 0 Å². The van der Waals surface area contributed by atoms with Crippen LogP contribution in [0.15, 0.2) is 30.3 Å². The van der Waals surface area contributed by atoms with Gasteiger partial charge in [-0.2, -0.15) is 0 Å². The van der Waals surface area contributed by atoms with Crippen molar-refractivity contribution in [2.45, 2.75) is 40.5 Å². The summed E-state index contributed by atoms with van der Waals surface area (Å²) in [7, 11) is 0. The van der Waals surface area contributed by atoms with Crippen molar-refractivity contribution < 1.29 is 0 Å². The Morgan fingerprint density at radius 1 is 0.889 bits per heavy atom. The number of rotatable bonds is 3. The third-order valence-electron chi connectivity index (χ3n) is 3.44. The Hall–Kier alpha value is -1.56. The van der Waals surface area contributed by atoms with E-state index in [2.05, 4.69) is 64.1 Å². The average molecular weight is 237 g/mol. The van der Waals surface area contributed by atoms with Gasteiger partial charge in [-0.05, 0) is 60.6 Å². The maximum Gasteiger partial charge on any atom is -0.00755 e. The third-order valence-corrected chi connectivity index (χ3v) is 3.44. The van der Waals surface area contributed by atoms with Gasteiger partial charge in [0.15, 0.2) is 0 Å². The molecule has 0 unspecified atom stereocenters. The second kappa shape index (κ2) is 5.39. The highest BCUT2D eigenvalue weighted by molar-refractivity contribution is 5.68. The van der Waals surface area contributed by atoms with Gasteiger partial charge in [0, 0.05) is 0 Å². The van der Waals surface area contributed by atoms with E-state index in [1.165, 1.54) is 33.4 Å². The van der Waals surface area contributed by atoms with E-state index in [1.54, 1.807) is 0 Å². The van der Waals surface area contributed by atoms with Gasteiger partial charge >= 0.3 is 0 Å². The maximum atomic E-state index is 3.42. The molecule has 0 aliphatic heterocycles. The number of hydrogen-bond donors (Lipinski definition) is 0. The predicted octanol–water partition coefficient (Wildman–Crippen LogP) is 4.90. The molecule has 0 aliphatic carbocycles. The Bertz CT molecular complexity index is 528. The first kappa shape index (κ1) is 12.9. The summed E-state index contributed by atoms with van der Waals surface area (Å²) in [5.74, 6) is 0. The minimum absolute atomic E-state index is 1.09. The van der Waals surface area contributed by atoms with Crippen LogP contribution < -0.4 is 0 Å². The molecule has 0 spiro atoms. The molecule has 93 valence electrons. The van der Waals surface area contributed by atoms with Crippen molar-refractivity contribution in [1.29, 1.82) is 0 Å². The molecule has 0 nitrogen and oxygen atoms in total. The Labute approximate surface area is 111 Å². The van der Waals surface area contributed by atoms with Crippen LogP contribution in [0.25, 0.3) is 11.1 Å². The fourth-order valence-electron chi connectivity index (χ4n) is 2.38. The molecule has 1 radical (unpaired) electrons. The number of aryl methyl sites for hydroxylation is 4. The zero-order valence-corrected chi connectivity index (χ0v) is 11.8. The average Bonchev–Trinajstić information content (AvgIpc) is 2.38. The molecule has 0 saturated heterocycles. The molecule has 0 aromatic heterocycles. The van der Waals surface area contributed by atoms with Crippen LogP contribution in [-0.2, 0) is 12.8 Å². The topological polar surface area (TPSA) is 0 Å². The van der Waals surface area contributed by atoms with E-state index in [4.69, 9.17) is 0 Å². The van der Waals surface area contributed by atoms with Crippen molar-refractivity contribution in [3.05, 3.63) is 58.7 Å². The molecule has 2 aromatic carbocycles. The van der Waals surface area contributed by atoms with E-state index in [9.17, 15) is 0 Å². The van der Waals surface area contributed by atoms with Crippen LogP contribution in [0.3, 0.4) is 0 Å². The first-order valence-corrected chi connectivity index (χ1v) is 6.76. The molecular weight excluding hydrogens is 216 g/mol. The first-order valence-electron chi connectivity index (χ1n) is 6.76. The van der Waals surface area contributed by atoms with E-state index in [0.29, 0.717) is 0 Å². The molecule has 0 aliphatic rings. The summed E-state index contributed by atoms with van der Waals surface area (Å²) in [5.41, 5.74) is 7.97. The summed E-state index contributed by atoms with van der Waals surface area (Å²) in [6, 6.07) is 14.6. The van der Waals surface area contributed by atoms with E-state index in [0.717, 1.165) is 12.8 Å². The highest BCUT2D eigenvalue weighted by Crippen LogP contribution is 2.26. The molecule has 0 fully saturated rings. The van der Waals surface area contributed by atoms with Gasteiger partial charge in [0.05, 0.1) is 0 Å². The summed E-state index contributed by atoms with van der Waals surface area (Å²) in [6.07, 6.45) is 2.18. The molecule has 0 N–H and O–H groups in total. The molecule has 0 amide bonds. The molecule has 0 atom stereocenters. The fraction of sp³-hybridized carbons (Fsp3) is 0.333. The van der Waals surface area contributed by atoms with Crippen molar-refractivity contribution in [3.63, 3.8) is 0 Å². The Kier molecular flexibility index (Phi) is 3.86. The largest absolute Gasteiger partial charge is 0.0613 e. The zero-order chi connectivity index (χ0) is 13.1. The van der Waals surface area contributed by atoms with Crippen LogP contribution in [0.5, 0.6) is 0 Å². The third kappa shape index (κ3) is 2.64. The number of hydrogen-bond acceptors (Lipinski definition) is 0. The standard InChI is InChI=1S/C18H21/c1-5-15-10-16(6-2)12-17(11-15)18-8-7-13(3)9-14(18)4/h7,9-12H,5-6H2,1-4H3. The molecule has 0 saturated carbocycles. The van der Waals surface area contributed by atoms with Gasteiger partial charge in [-0.3, -0.25) is 0 Å². The lowest BCUT2D eigenvalue weighted by molar-refractivity contribution is 1.09. The van der Waals surface area contributed by atoms with Crippen molar-refractivity contribution >= 4 is 0 Å². The van der Waals surface area contributed by atoms with Crippen molar-refractivity contribution in [2.24, 2.45) is 0 Å². The van der Waals surface area contributed by atoms with Gasteiger partial charge in [0.25, 0.3) is 0 Å². The van der Waals surface area contributed by atoms with Gasteiger partial charge in [-0.1, -0.05) is 49.7 Å². The van der Waals surface area contributed by atoms with Crippen LogP contribution in [-0.4, -0.2) is 0 Å². The Morgan fingerprint density at radius 2 is 1.50 bits per heavy atom. The van der Waals surface area contributed by atoms with Gasteiger partial charge in [-0.15, -0.1) is 0 Å². The van der Waals surface area contributed by atoms with Crippen LogP contribution in [0.4, 0.5) is 0 Å². The van der Waals surface area contributed by atoms with Crippen LogP contribution in [0.1, 0.15) is 36.1 Å². The van der Waals surface area contributed by atoms with Gasteiger partial charge < -0.3 is 0 Å². The molecular formula is C18H21. The molecule has 2 rings (SSSR count). The van der Waals surface area contributed by atoms with E-state index < -0.39 is 0 Å². The first-order chi connectivity index (χ1) is 8.63. The van der Waals surface area contributed by atoms with Crippen LogP contribution in [0, 0.1) is 19.9 Å². The smallest absolute Gasteiger partial charge is 0.00755 e. The minimum atomic E-state index is 1.09. The molecule has 0 bridgehead atoms. The normalized spacial score (nSPS) is 10.7. The van der Waals surface area contributed by atoms with Crippen LogP contribution in [0.2, 0.25) is 0 Å². The highest BCUT2D eigenvalue weighted by Gasteiger charge is 2.05.